The van der Waals surface area contributed by atoms with E-state index in [-0.39, 0.29) is 0 Å². The fraction of sp³-hybridized carbons (Fsp3) is 0.280. The number of aryl methyl sites for hydroxylation is 1. The normalized spacial score (nSPS) is 15.1. The highest BCUT2D eigenvalue weighted by Gasteiger charge is 2.47. The first kappa shape index (κ1) is 22.6. The van der Waals surface area contributed by atoms with E-state index in [2.05, 4.69) is 22.3 Å². The van der Waals surface area contributed by atoms with Gasteiger partial charge in [-0.2, -0.15) is 0 Å². The fourth-order valence-electron chi connectivity index (χ4n) is 3.55. The molecule has 1 fully saturated rings. The fourth-order valence-corrected chi connectivity index (χ4v) is 5.79. The lowest BCUT2D eigenvalue weighted by Crippen LogP contribution is -2.18. The van der Waals surface area contributed by atoms with Gasteiger partial charge in [-0.1, -0.05) is 47.3 Å². The molecule has 5 rings (SSSR count). The van der Waals surface area contributed by atoms with E-state index < -0.39 is 23.9 Å². The van der Waals surface area contributed by atoms with E-state index in [1.54, 1.807) is 6.92 Å². The second kappa shape index (κ2) is 8.89. The quantitative estimate of drug-likeness (QED) is 0.244. The zero-order valence-electron chi connectivity index (χ0n) is 18.5. The zero-order valence-corrected chi connectivity index (χ0v) is 20.1. The Balaban J connectivity index is 1.33. The van der Waals surface area contributed by atoms with Gasteiger partial charge in [-0.3, -0.25) is 5.32 Å². The number of thiophene rings is 2. The van der Waals surface area contributed by atoms with Crippen LogP contribution < -0.4 is 5.32 Å². The van der Waals surface area contributed by atoms with Crippen molar-refractivity contribution in [1.82, 2.24) is 5.16 Å². The highest BCUT2D eigenvalue weighted by Crippen LogP contribution is 2.47. The van der Waals surface area contributed by atoms with Crippen LogP contribution >= 0.6 is 22.7 Å². The number of aromatic nitrogens is 1. The van der Waals surface area contributed by atoms with E-state index in [4.69, 9.17) is 9.26 Å². The average Bonchev–Trinajstić information content (AvgIpc) is 3.20. The van der Waals surface area contributed by atoms with Gasteiger partial charge in [0.1, 0.15) is 17.5 Å². The summed E-state index contributed by atoms with van der Waals surface area (Å²) in [7, 11) is 0. The summed E-state index contributed by atoms with van der Waals surface area (Å²) in [4.78, 5) is 14.3. The number of aliphatic hydroxyl groups excluding tert-OH is 1. The summed E-state index contributed by atoms with van der Waals surface area (Å²) >= 11 is 3.05. The highest BCUT2D eigenvalue weighted by atomic mass is 32.1. The van der Waals surface area contributed by atoms with Crippen LogP contribution in [0.15, 0.2) is 47.0 Å². The van der Waals surface area contributed by atoms with E-state index >= 15 is 0 Å². The van der Waals surface area contributed by atoms with E-state index in [9.17, 15) is 15.0 Å². The lowest BCUT2D eigenvalue weighted by Gasteiger charge is -2.14. The Bertz CT molecular complexity index is 1370. The van der Waals surface area contributed by atoms with Crippen LogP contribution in [0.25, 0.3) is 20.0 Å². The number of carbonyl (C=O) groups excluding carboxylic acids is 1. The minimum absolute atomic E-state index is 0.404. The van der Waals surface area contributed by atoms with Crippen molar-refractivity contribution in [2.24, 2.45) is 5.41 Å². The van der Waals surface area contributed by atoms with E-state index in [1.807, 2.05) is 49.4 Å². The summed E-state index contributed by atoms with van der Waals surface area (Å²) < 4.78 is 13.0. The van der Waals surface area contributed by atoms with Crippen LogP contribution in [0.2, 0.25) is 0 Å². The number of anilines is 1. The Hall–Kier alpha value is -3.16. The maximum Gasteiger partial charge on any atom is 0.412 e. The predicted molar refractivity (Wildman–Crippen MR) is 132 cm³/mol. The molecule has 1 unspecified atom stereocenters. The van der Waals surface area contributed by atoms with Crippen LogP contribution in [0.3, 0.4) is 0 Å². The van der Waals surface area contributed by atoms with Crippen LogP contribution in [-0.2, 0) is 4.74 Å². The number of rotatable bonds is 5. The van der Waals surface area contributed by atoms with Gasteiger partial charge in [0.15, 0.2) is 12.1 Å². The van der Waals surface area contributed by atoms with Gasteiger partial charge in [0, 0.05) is 9.40 Å². The minimum atomic E-state index is -1.41. The van der Waals surface area contributed by atoms with Crippen molar-refractivity contribution in [1.29, 1.82) is 0 Å². The number of aliphatic hydroxyl groups is 2. The Morgan fingerprint density at radius 1 is 1.21 bits per heavy atom. The van der Waals surface area contributed by atoms with Gasteiger partial charge in [-0.25, -0.2) is 4.79 Å². The smallest absolute Gasteiger partial charge is 0.412 e. The van der Waals surface area contributed by atoms with Crippen LogP contribution in [-0.4, -0.2) is 27.8 Å². The molecule has 4 aromatic rings. The molecule has 0 aliphatic heterocycles. The molecule has 34 heavy (non-hydrogen) atoms. The largest absolute Gasteiger partial charge is 0.441 e. The van der Waals surface area contributed by atoms with E-state index in [1.165, 1.54) is 22.7 Å². The number of benzene rings is 1. The Kier molecular flexibility index (Phi) is 5.91. The van der Waals surface area contributed by atoms with Gasteiger partial charge in [-0.15, -0.1) is 22.7 Å². The van der Waals surface area contributed by atoms with Gasteiger partial charge in [0.05, 0.1) is 15.2 Å². The second-order valence-corrected chi connectivity index (χ2v) is 10.4. The van der Waals surface area contributed by atoms with Gasteiger partial charge in [0.2, 0.25) is 0 Å². The monoisotopic (exact) mass is 494 g/mol. The zero-order chi connectivity index (χ0) is 23.9. The summed E-state index contributed by atoms with van der Waals surface area (Å²) in [6.07, 6.45) is -0.986. The molecule has 3 aromatic heterocycles. The van der Waals surface area contributed by atoms with Crippen molar-refractivity contribution >= 4 is 43.9 Å². The van der Waals surface area contributed by atoms with E-state index in [0.29, 0.717) is 30.0 Å². The number of amides is 1. The van der Waals surface area contributed by atoms with Crippen LogP contribution in [0, 0.1) is 24.2 Å². The molecule has 1 amide bonds. The van der Waals surface area contributed by atoms with Gasteiger partial charge in [-0.05, 0) is 44.4 Å². The summed E-state index contributed by atoms with van der Waals surface area (Å²) in [6, 6.07) is 13.5. The van der Waals surface area contributed by atoms with Crippen LogP contribution in [0.5, 0.6) is 0 Å². The third-order valence-corrected chi connectivity index (χ3v) is 8.02. The molecule has 0 radical (unpaired) electrons. The molecule has 3 heterocycles. The molecular weight excluding hydrogens is 472 g/mol. The van der Waals surface area contributed by atoms with Gasteiger partial charge < -0.3 is 19.5 Å². The molecule has 1 aliphatic carbocycles. The van der Waals surface area contributed by atoms with Gasteiger partial charge in [0.25, 0.3) is 0 Å². The first-order valence-corrected chi connectivity index (χ1v) is 12.4. The molecule has 0 spiro atoms. The number of hydrogen-bond acceptors (Lipinski definition) is 8. The summed E-state index contributed by atoms with van der Waals surface area (Å²) in [6.45, 7) is 3.55. The highest BCUT2D eigenvalue weighted by molar-refractivity contribution is 7.29. The number of nitrogens with one attached hydrogen (secondary N) is 1. The summed E-state index contributed by atoms with van der Waals surface area (Å²) in [5.74, 6) is 6.59. The number of nitrogens with zero attached hydrogens (tertiary/aromatic N) is 1. The SMILES string of the molecule is Cc1onc(-c2cc3sc(C#CC4(C(O)O)CC4)cc3s2)c1NC(=O)OC(C)c1ccccc1. The number of fused-ring (bicyclic) bond motifs is 1. The maximum absolute atomic E-state index is 12.6. The lowest BCUT2D eigenvalue weighted by molar-refractivity contribution is -0.0767. The van der Waals surface area contributed by atoms with Crippen molar-refractivity contribution in [3.05, 3.63) is 58.7 Å². The maximum atomic E-state index is 12.6. The van der Waals surface area contributed by atoms with Crippen molar-refractivity contribution in [3.8, 4) is 22.4 Å². The Morgan fingerprint density at radius 2 is 1.94 bits per heavy atom. The molecule has 3 N–H and O–H groups in total. The number of ether oxygens (including phenoxy) is 1. The first-order chi connectivity index (χ1) is 16.3. The van der Waals surface area contributed by atoms with Crippen molar-refractivity contribution < 1.29 is 24.3 Å². The molecule has 0 saturated heterocycles. The molecular formula is C25H22N2O5S2. The third-order valence-electron chi connectivity index (χ3n) is 5.80. The van der Waals surface area contributed by atoms with Crippen molar-refractivity contribution in [2.45, 2.75) is 39.1 Å². The topological polar surface area (TPSA) is 105 Å². The summed E-state index contributed by atoms with van der Waals surface area (Å²) in [5.41, 5.74) is 1.25. The molecule has 9 heteroatoms. The molecule has 174 valence electrons. The van der Waals surface area contributed by atoms with Gasteiger partial charge >= 0.3 is 6.09 Å². The van der Waals surface area contributed by atoms with E-state index in [0.717, 1.165) is 24.7 Å². The number of hydrogen-bond donors (Lipinski definition) is 3. The second-order valence-electron chi connectivity index (χ2n) is 8.28. The molecule has 1 saturated carbocycles. The molecule has 1 aromatic carbocycles. The lowest BCUT2D eigenvalue weighted by atomic mass is 10.1. The number of carbonyl (C=O) groups is 1. The van der Waals surface area contributed by atoms with Crippen molar-refractivity contribution in [3.63, 3.8) is 0 Å². The molecule has 7 nitrogen and oxygen atoms in total. The predicted octanol–water partition coefficient (Wildman–Crippen LogP) is 5.68. The van der Waals surface area contributed by atoms with Crippen molar-refractivity contribution in [2.75, 3.05) is 5.32 Å². The molecule has 0 bridgehead atoms. The average molecular weight is 495 g/mol. The standard InChI is InChI=1S/C25H22N2O5S2/c1-14(16-6-4-3-5-7-16)31-24(30)26-21-15(2)32-27-22(21)20-13-19-18(34-20)12-17(33-19)8-9-25(10-11-25)23(28)29/h3-7,12-14,23,28-29H,10-11H2,1-2H3,(H,26,30). The minimum Gasteiger partial charge on any atom is -0.441 e. The Morgan fingerprint density at radius 3 is 2.62 bits per heavy atom. The third kappa shape index (κ3) is 4.45. The summed E-state index contributed by atoms with van der Waals surface area (Å²) in [5, 5.41) is 25.9. The van der Waals surface area contributed by atoms with Crippen LogP contribution in [0.1, 0.15) is 42.1 Å². The first-order valence-electron chi connectivity index (χ1n) is 10.8. The molecule has 1 aliphatic rings. The van der Waals surface area contributed by atoms with Crippen LogP contribution in [0.4, 0.5) is 10.5 Å². The Labute approximate surface area is 204 Å². The molecule has 1 atom stereocenters.